The van der Waals surface area contributed by atoms with E-state index in [1.807, 2.05) is 0 Å². The Labute approximate surface area is 158 Å². The second kappa shape index (κ2) is 7.94. The highest BCUT2D eigenvalue weighted by Crippen LogP contribution is 2.31. The SMILES string of the molecule is COC(=O)c1ccsc1N1CCC(NC(=O)c2csc(CCN)n2)C1=O. The first-order chi connectivity index (χ1) is 12.5. The average Bonchev–Trinajstić information content (AvgIpc) is 3.35. The summed E-state index contributed by atoms with van der Waals surface area (Å²) in [7, 11) is 1.30. The lowest BCUT2D eigenvalue weighted by molar-refractivity contribution is -0.118. The van der Waals surface area contributed by atoms with E-state index in [2.05, 4.69) is 10.3 Å². The van der Waals surface area contributed by atoms with Crippen LogP contribution in [0.5, 0.6) is 0 Å². The first-order valence-corrected chi connectivity index (χ1v) is 9.73. The summed E-state index contributed by atoms with van der Waals surface area (Å²) in [6, 6.07) is 0.981. The Morgan fingerprint density at radius 2 is 2.27 bits per heavy atom. The van der Waals surface area contributed by atoms with Gasteiger partial charge in [0.15, 0.2) is 0 Å². The minimum atomic E-state index is -0.644. The molecular formula is C16H18N4O4S2. The molecule has 0 spiro atoms. The van der Waals surface area contributed by atoms with Gasteiger partial charge in [-0.05, 0) is 24.4 Å². The van der Waals surface area contributed by atoms with E-state index in [-0.39, 0.29) is 17.5 Å². The number of nitrogens with two attached hydrogens (primary N) is 1. The molecule has 0 aliphatic carbocycles. The minimum Gasteiger partial charge on any atom is -0.465 e. The van der Waals surface area contributed by atoms with E-state index in [9.17, 15) is 14.4 Å². The van der Waals surface area contributed by atoms with Crippen LogP contribution in [-0.2, 0) is 16.0 Å². The molecule has 1 fully saturated rings. The van der Waals surface area contributed by atoms with Gasteiger partial charge in [-0.1, -0.05) is 0 Å². The zero-order valence-electron chi connectivity index (χ0n) is 14.1. The third-order valence-electron chi connectivity index (χ3n) is 3.95. The molecule has 3 rings (SSSR count). The van der Waals surface area contributed by atoms with Crippen molar-refractivity contribution < 1.29 is 19.1 Å². The van der Waals surface area contributed by atoms with E-state index >= 15 is 0 Å². The van der Waals surface area contributed by atoms with Crippen LogP contribution in [0.1, 0.15) is 32.3 Å². The smallest absolute Gasteiger partial charge is 0.340 e. The molecule has 1 saturated heterocycles. The highest BCUT2D eigenvalue weighted by atomic mass is 32.1. The van der Waals surface area contributed by atoms with Crippen molar-refractivity contribution in [1.29, 1.82) is 0 Å². The molecule has 0 bridgehead atoms. The van der Waals surface area contributed by atoms with E-state index in [1.54, 1.807) is 16.8 Å². The van der Waals surface area contributed by atoms with Gasteiger partial charge in [0.1, 0.15) is 16.7 Å². The predicted octanol–water partition coefficient (Wildman–Crippen LogP) is 1.03. The second-order valence-corrected chi connectivity index (χ2v) is 7.44. The van der Waals surface area contributed by atoms with Crippen molar-refractivity contribution in [2.45, 2.75) is 18.9 Å². The summed E-state index contributed by atoms with van der Waals surface area (Å²) in [5, 5.41) is 7.45. The fourth-order valence-electron chi connectivity index (χ4n) is 2.68. The number of thiazole rings is 1. The van der Waals surface area contributed by atoms with E-state index in [0.717, 1.165) is 5.01 Å². The molecule has 2 aromatic rings. The number of ether oxygens (including phenoxy) is 1. The maximum Gasteiger partial charge on any atom is 0.340 e. The number of nitrogens with one attached hydrogen (secondary N) is 1. The lowest BCUT2D eigenvalue weighted by Crippen LogP contribution is -2.41. The lowest BCUT2D eigenvalue weighted by Gasteiger charge is -2.16. The molecule has 1 unspecified atom stereocenters. The number of methoxy groups -OCH3 is 1. The molecule has 0 saturated carbocycles. The van der Waals surface area contributed by atoms with E-state index < -0.39 is 12.0 Å². The Kier molecular flexibility index (Phi) is 5.64. The van der Waals surface area contributed by atoms with Crippen molar-refractivity contribution in [2.75, 3.05) is 25.1 Å². The normalized spacial score (nSPS) is 16.8. The van der Waals surface area contributed by atoms with Gasteiger partial charge >= 0.3 is 5.97 Å². The van der Waals surface area contributed by atoms with Gasteiger partial charge in [0.2, 0.25) is 5.91 Å². The van der Waals surface area contributed by atoms with Crippen LogP contribution in [0.2, 0.25) is 0 Å². The van der Waals surface area contributed by atoms with E-state index in [4.69, 9.17) is 10.5 Å². The maximum absolute atomic E-state index is 12.7. The summed E-state index contributed by atoms with van der Waals surface area (Å²) in [6.07, 6.45) is 1.08. The zero-order chi connectivity index (χ0) is 18.7. The molecule has 0 radical (unpaired) electrons. The average molecular weight is 394 g/mol. The number of anilines is 1. The molecule has 138 valence electrons. The highest BCUT2D eigenvalue weighted by Gasteiger charge is 2.36. The Hall–Kier alpha value is -2.30. The van der Waals surface area contributed by atoms with E-state index in [1.165, 1.54) is 34.7 Å². The van der Waals surface area contributed by atoms with Gasteiger partial charge in [0, 0.05) is 18.3 Å². The Morgan fingerprint density at radius 3 is 3.00 bits per heavy atom. The van der Waals surface area contributed by atoms with Gasteiger partial charge < -0.3 is 20.7 Å². The quantitative estimate of drug-likeness (QED) is 0.707. The Bertz CT molecular complexity index is 832. The summed E-state index contributed by atoms with van der Waals surface area (Å²) in [4.78, 5) is 42.6. The molecule has 1 atom stereocenters. The summed E-state index contributed by atoms with van der Waals surface area (Å²) in [6.45, 7) is 0.887. The first-order valence-electron chi connectivity index (χ1n) is 7.97. The van der Waals surface area contributed by atoms with Crippen LogP contribution in [-0.4, -0.2) is 49.0 Å². The summed E-state index contributed by atoms with van der Waals surface area (Å²) >= 11 is 2.66. The minimum absolute atomic E-state index is 0.247. The number of esters is 1. The zero-order valence-corrected chi connectivity index (χ0v) is 15.7. The number of nitrogens with zero attached hydrogens (tertiary/aromatic N) is 2. The number of hydrogen-bond donors (Lipinski definition) is 2. The van der Waals surface area contributed by atoms with Crippen molar-refractivity contribution in [3.05, 3.63) is 33.1 Å². The molecule has 2 amide bonds. The third kappa shape index (κ3) is 3.62. The Morgan fingerprint density at radius 1 is 1.46 bits per heavy atom. The van der Waals surface area contributed by atoms with Crippen LogP contribution in [0.25, 0.3) is 0 Å². The predicted molar refractivity (Wildman–Crippen MR) is 98.8 cm³/mol. The summed E-state index contributed by atoms with van der Waals surface area (Å²) < 4.78 is 4.75. The van der Waals surface area contributed by atoms with Gasteiger partial charge in [0.25, 0.3) is 5.91 Å². The molecule has 2 aromatic heterocycles. The fraction of sp³-hybridized carbons (Fsp3) is 0.375. The van der Waals surface area contributed by atoms with E-state index in [0.29, 0.717) is 36.5 Å². The van der Waals surface area contributed by atoms with Crippen molar-refractivity contribution in [1.82, 2.24) is 10.3 Å². The molecular weight excluding hydrogens is 376 g/mol. The summed E-state index contributed by atoms with van der Waals surface area (Å²) in [5.41, 5.74) is 6.12. The number of hydrogen-bond acceptors (Lipinski definition) is 8. The van der Waals surface area contributed by atoms with Gasteiger partial charge in [-0.3, -0.25) is 9.59 Å². The third-order valence-corrected chi connectivity index (χ3v) is 5.79. The second-order valence-electron chi connectivity index (χ2n) is 5.60. The molecule has 26 heavy (non-hydrogen) atoms. The van der Waals surface area contributed by atoms with Gasteiger partial charge in [0.05, 0.1) is 17.7 Å². The van der Waals surface area contributed by atoms with Crippen LogP contribution in [0.15, 0.2) is 16.8 Å². The topological polar surface area (TPSA) is 115 Å². The fourth-order valence-corrected chi connectivity index (χ4v) is 4.39. The van der Waals surface area contributed by atoms with Crippen molar-refractivity contribution in [2.24, 2.45) is 5.73 Å². The number of aromatic nitrogens is 1. The van der Waals surface area contributed by atoms with Gasteiger partial charge in [-0.25, -0.2) is 9.78 Å². The largest absolute Gasteiger partial charge is 0.465 e. The molecule has 3 heterocycles. The Balaban J connectivity index is 1.68. The summed E-state index contributed by atoms with van der Waals surface area (Å²) in [5.74, 6) is -1.12. The molecule has 8 nitrogen and oxygen atoms in total. The van der Waals surface area contributed by atoms with Gasteiger partial charge in [-0.2, -0.15) is 0 Å². The molecule has 1 aliphatic heterocycles. The van der Waals surface area contributed by atoms with Gasteiger partial charge in [-0.15, -0.1) is 22.7 Å². The maximum atomic E-state index is 12.7. The number of carbonyl (C=O) groups is 3. The van der Waals surface area contributed by atoms with Crippen LogP contribution < -0.4 is 16.0 Å². The molecule has 1 aliphatic rings. The van der Waals surface area contributed by atoms with Crippen molar-refractivity contribution in [3.63, 3.8) is 0 Å². The first kappa shape index (κ1) is 18.5. The molecule has 0 aromatic carbocycles. The van der Waals surface area contributed by atoms with Crippen molar-refractivity contribution >= 4 is 45.5 Å². The monoisotopic (exact) mass is 394 g/mol. The molecule has 3 N–H and O–H groups in total. The van der Waals surface area contributed by atoms with Crippen LogP contribution >= 0.6 is 22.7 Å². The van der Waals surface area contributed by atoms with Crippen LogP contribution in [0, 0.1) is 0 Å². The lowest BCUT2D eigenvalue weighted by atomic mass is 10.2. The number of rotatable bonds is 6. The molecule has 10 heteroatoms. The standard InChI is InChI=1S/C16H18N4O4S2/c1-24-16(23)9-4-7-25-15(9)20-6-3-10(14(20)22)19-13(21)11-8-26-12(18-11)2-5-17/h4,7-8,10H,2-3,5-6,17H2,1H3,(H,19,21). The number of carbonyl (C=O) groups excluding carboxylic acids is 3. The number of thiophene rings is 1. The van der Waals surface area contributed by atoms with Crippen LogP contribution in [0.4, 0.5) is 5.00 Å². The number of amides is 2. The highest BCUT2D eigenvalue weighted by molar-refractivity contribution is 7.14. The van der Waals surface area contributed by atoms with Crippen LogP contribution in [0.3, 0.4) is 0 Å². The van der Waals surface area contributed by atoms with Crippen molar-refractivity contribution in [3.8, 4) is 0 Å².